The van der Waals surface area contributed by atoms with Crippen molar-refractivity contribution in [2.45, 2.75) is 0 Å². The summed E-state index contributed by atoms with van der Waals surface area (Å²) < 4.78 is 0. The van der Waals surface area contributed by atoms with Crippen molar-refractivity contribution < 1.29 is 14.6 Å². The van der Waals surface area contributed by atoms with Crippen LogP contribution >= 0.6 is 0 Å². The van der Waals surface area contributed by atoms with Crippen LogP contribution in [0.5, 0.6) is 0 Å². The van der Waals surface area contributed by atoms with Gasteiger partial charge in [0.15, 0.2) is 0 Å². The predicted octanol–water partition coefficient (Wildman–Crippen LogP) is 6.37. The standard InChI is InChI=1S/C31H21N7O5/c39-30(25-19-26(37(40)41)21-27(20-25)38(42)43)36(32-18-10-13-22-11-4-1-5-12-22)31-33-28(23-14-6-2-7-15-23)29(34-35-31)24-16-8-3-9-17-24/h1-21H/b13-10+,32-18+. The summed E-state index contributed by atoms with van der Waals surface area (Å²) >= 11 is 0. The van der Waals surface area contributed by atoms with Crippen molar-refractivity contribution in [3.05, 3.63) is 147 Å². The number of hydrazone groups is 1. The van der Waals surface area contributed by atoms with Crippen molar-refractivity contribution in [2.24, 2.45) is 5.10 Å². The molecule has 0 N–H and O–H groups in total. The Morgan fingerprint density at radius 3 is 1.81 bits per heavy atom. The molecule has 0 spiro atoms. The van der Waals surface area contributed by atoms with Gasteiger partial charge in [-0.15, -0.1) is 10.2 Å². The van der Waals surface area contributed by atoms with Gasteiger partial charge in [-0.05, 0) is 11.6 Å². The summed E-state index contributed by atoms with van der Waals surface area (Å²) in [5.41, 5.74) is 1.51. The highest BCUT2D eigenvalue weighted by molar-refractivity contribution is 6.06. The van der Waals surface area contributed by atoms with Crippen LogP contribution in [0.4, 0.5) is 17.3 Å². The van der Waals surface area contributed by atoms with Gasteiger partial charge in [0.05, 0.1) is 21.5 Å². The van der Waals surface area contributed by atoms with Crippen LogP contribution in [0.2, 0.25) is 0 Å². The number of allylic oxidation sites excluding steroid dienone is 1. The number of nitro groups is 2. The molecule has 210 valence electrons. The van der Waals surface area contributed by atoms with Crippen LogP contribution in [-0.2, 0) is 0 Å². The summed E-state index contributed by atoms with van der Waals surface area (Å²) in [7, 11) is 0. The van der Waals surface area contributed by atoms with Gasteiger partial charge in [-0.2, -0.15) is 10.1 Å². The summed E-state index contributed by atoms with van der Waals surface area (Å²) in [6.07, 6.45) is 4.64. The molecule has 0 bridgehead atoms. The summed E-state index contributed by atoms with van der Waals surface area (Å²) in [5, 5.41) is 36.6. The lowest BCUT2D eigenvalue weighted by Gasteiger charge is -2.16. The second kappa shape index (κ2) is 12.8. The first-order valence-corrected chi connectivity index (χ1v) is 12.8. The van der Waals surface area contributed by atoms with E-state index in [2.05, 4.69) is 20.3 Å². The highest BCUT2D eigenvalue weighted by Gasteiger charge is 2.27. The molecule has 0 aliphatic heterocycles. The molecule has 0 atom stereocenters. The lowest BCUT2D eigenvalue weighted by molar-refractivity contribution is -0.394. The predicted molar refractivity (Wildman–Crippen MR) is 161 cm³/mol. The van der Waals surface area contributed by atoms with Gasteiger partial charge in [-0.1, -0.05) is 97.1 Å². The Morgan fingerprint density at radius 1 is 0.721 bits per heavy atom. The van der Waals surface area contributed by atoms with Crippen molar-refractivity contribution in [1.82, 2.24) is 15.2 Å². The van der Waals surface area contributed by atoms with Gasteiger partial charge in [0.25, 0.3) is 23.2 Å². The van der Waals surface area contributed by atoms with E-state index in [-0.39, 0.29) is 11.5 Å². The number of hydrogen-bond donors (Lipinski definition) is 0. The van der Waals surface area contributed by atoms with Gasteiger partial charge < -0.3 is 0 Å². The van der Waals surface area contributed by atoms with E-state index in [0.717, 1.165) is 34.3 Å². The molecule has 0 unspecified atom stereocenters. The third kappa shape index (κ3) is 6.66. The normalized spacial score (nSPS) is 11.1. The number of aromatic nitrogens is 3. The second-order valence-corrected chi connectivity index (χ2v) is 8.94. The quantitative estimate of drug-likeness (QED) is 0.112. The first-order chi connectivity index (χ1) is 20.9. The zero-order chi connectivity index (χ0) is 30.2. The van der Waals surface area contributed by atoms with Gasteiger partial charge in [0.2, 0.25) is 0 Å². The summed E-state index contributed by atoms with van der Waals surface area (Å²) in [6.45, 7) is 0. The van der Waals surface area contributed by atoms with Gasteiger partial charge in [0, 0.05) is 29.5 Å². The van der Waals surface area contributed by atoms with Gasteiger partial charge in [-0.3, -0.25) is 25.0 Å². The van der Waals surface area contributed by atoms with Crippen LogP contribution in [0.1, 0.15) is 15.9 Å². The fourth-order valence-corrected chi connectivity index (χ4v) is 4.06. The van der Waals surface area contributed by atoms with Crippen LogP contribution in [0.25, 0.3) is 28.6 Å². The van der Waals surface area contributed by atoms with E-state index in [4.69, 9.17) is 0 Å². The van der Waals surface area contributed by atoms with E-state index >= 15 is 0 Å². The summed E-state index contributed by atoms with van der Waals surface area (Å²) in [6, 6.07) is 30.3. The first-order valence-electron chi connectivity index (χ1n) is 12.8. The van der Waals surface area contributed by atoms with Crippen LogP contribution in [0.15, 0.2) is 120 Å². The van der Waals surface area contributed by atoms with Crippen LogP contribution in [0.3, 0.4) is 0 Å². The lowest BCUT2D eigenvalue weighted by Crippen LogP contribution is -2.28. The lowest BCUT2D eigenvalue weighted by atomic mass is 10.0. The molecule has 12 nitrogen and oxygen atoms in total. The molecule has 5 rings (SSSR count). The topological polar surface area (TPSA) is 158 Å². The van der Waals surface area contributed by atoms with E-state index in [1.165, 1.54) is 6.21 Å². The highest BCUT2D eigenvalue weighted by Crippen LogP contribution is 2.30. The van der Waals surface area contributed by atoms with Crippen molar-refractivity contribution in [1.29, 1.82) is 0 Å². The smallest absolute Gasteiger partial charge is 0.267 e. The Bertz CT molecular complexity index is 1820. The minimum atomic E-state index is -0.940. The van der Waals surface area contributed by atoms with Gasteiger partial charge in [-0.25, -0.2) is 4.98 Å². The van der Waals surface area contributed by atoms with Crippen molar-refractivity contribution in [2.75, 3.05) is 5.01 Å². The molecule has 1 amide bonds. The molecule has 5 aromatic rings. The van der Waals surface area contributed by atoms with E-state index in [1.807, 2.05) is 91.0 Å². The monoisotopic (exact) mass is 571 g/mol. The molecule has 1 heterocycles. The second-order valence-electron chi connectivity index (χ2n) is 8.94. The molecule has 0 aliphatic rings. The molecule has 0 saturated heterocycles. The zero-order valence-electron chi connectivity index (χ0n) is 22.3. The fraction of sp³-hybridized carbons (Fsp3) is 0. The molecule has 0 aliphatic carbocycles. The average Bonchev–Trinajstić information content (AvgIpc) is 3.05. The third-order valence-electron chi connectivity index (χ3n) is 6.08. The minimum absolute atomic E-state index is 0.248. The molecular weight excluding hydrogens is 550 g/mol. The molecule has 0 saturated carbocycles. The Balaban J connectivity index is 1.64. The fourth-order valence-electron chi connectivity index (χ4n) is 4.06. The Kier molecular flexibility index (Phi) is 8.39. The number of carbonyl (C=O) groups is 1. The van der Waals surface area contributed by atoms with E-state index in [9.17, 15) is 25.0 Å². The molecule has 1 aromatic heterocycles. The maximum Gasteiger partial charge on any atom is 0.281 e. The Morgan fingerprint density at radius 2 is 1.26 bits per heavy atom. The van der Waals surface area contributed by atoms with E-state index < -0.39 is 27.1 Å². The number of non-ortho nitro benzene ring substituents is 2. The largest absolute Gasteiger partial charge is 0.281 e. The van der Waals surface area contributed by atoms with E-state index in [1.54, 1.807) is 12.2 Å². The highest BCUT2D eigenvalue weighted by atomic mass is 16.6. The number of nitrogens with zero attached hydrogens (tertiary/aromatic N) is 7. The summed E-state index contributed by atoms with van der Waals surface area (Å²) in [5.74, 6) is -1.19. The van der Waals surface area contributed by atoms with Crippen molar-refractivity contribution >= 4 is 35.5 Å². The molecule has 43 heavy (non-hydrogen) atoms. The number of carbonyl (C=O) groups excluding carboxylic acids is 1. The first kappa shape index (κ1) is 28.1. The van der Waals surface area contributed by atoms with Crippen molar-refractivity contribution in [3.63, 3.8) is 0 Å². The van der Waals surface area contributed by atoms with Gasteiger partial charge in [0.1, 0.15) is 11.4 Å². The maximum atomic E-state index is 13.8. The number of benzene rings is 4. The van der Waals surface area contributed by atoms with Gasteiger partial charge >= 0.3 is 0 Å². The average molecular weight is 572 g/mol. The van der Waals surface area contributed by atoms with Crippen LogP contribution in [-0.4, -0.2) is 37.1 Å². The number of anilines is 1. The summed E-state index contributed by atoms with van der Waals surface area (Å²) in [4.78, 5) is 39.8. The van der Waals surface area contributed by atoms with Crippen LogP contribution < -0.4 is 5.01 Å². The number of rotatable bonds is 9. The SMILES string of the molecule is O=C(c1cc([N+](=O)[O-])cc([N+](=O)[O-])c1)N(/N=C/C=C/c1ccccc1)c1nnc(-c2ccccc2)c(-c2ccccc2)n1. The molecular formula is C31H21N7O5. The van der Waals surface area contributed by atoms with Crippen molar-refractivity contribution in [3.8, 4) is 22.5 Å². The number of hydrogen-bond acceptors (Lipinski definition) is 9. The zero-order valence-corrected chi connectivity index (χ0v) is 22.3. The molecule has 12 heteroatoms. The minimum Gasteiger partial charge on any atom is -0.267 e. The Labute approximate surface area is 244 Å². The molecule has 4 aromatic carbocycles. The molecule has 0 fully saturated rings. The van der Waals surface area contributed by atoms with E-state index in [0.29, 0.717) is 17.0 Å². The van der Waals surface area contributed by atoms with Crippen LogP contribution in [0, 0.1) is 20.2 Å². The number of nitro benzene ring substituents is 2. The number of amides is 1. The maximum absolute atomic E-state index is 13.8. The molecule has 0 radical (unpaired) electrons. The third-order valence-corrected chi connectivity index (χ3v) is 6.08. The Hall–Kier alpha value is -6.43.